The van der Waals surface area contributed by atoms with E-state index < -0.39 is 0 Å². The van der Waals surface area contributed by atoms with Crippen molar-refractivity contribution in [3.8, 4) is 17.0 Å². The van der Waals surface area contributed by atoms with E-state index in [9.17, 15) is 0 Å². The van der Waals surface area contributed by atoms with E-state index in [2.05, 4.69) is 51.9 Å². The predicted octanol–water partition coefficient (Wildman–Crippen LogP) is 3.43. The van der Waals surface area contributed by atoms with Gasteiger partial charge in [-0.25, -0.2) is 4.98 Å². The molecule has 0 saturated heterocycles. The van der Waals surface area contributed by atoms with Gasteiger partial charge >= 0.3 is 0 Å². The van der Waals surface area contributed by atoms with E-state index in [4.69, 9.17) is 10.5 Å². The van der Waals surface area contributed by atoms with Crippen LogP contribution in [-0.4, -0.2) is 17.1 Å². The number of methoxy groups -OCH3 is 1. The molecule has 2 aromatic rings. The average Bonchev–Trinajstić information content (AvgIpc) is 2.79. The maximum absolute atomic E-state index is 5.61. The monoisotopic (exact) mass is 323 g/mol. The van der Waals surface area contributed by atoms with E-state index >= 15 is 0 Å². The SMILES string of the molecule is COc1ccc(C(C)C)cc1-c1nc(CN)[nH]c1Br. The Kier molecular flexibility index (Phi) is 4.27. The first-order valence-electron chi connectivity index (χ1n) is 6.19. The molecule has 0 amide bonds. The Morgan fingerprint density at radius 2 is 2.16 bits per heavy atom. The van der Waals surface area contributed by atoms with Crippen LogP contribution in [0.2, 0.25) is 0 Å². The summed E-state index contributed by atoms with van der Waals surface area (Å²) in [4.78, 5) is 7.62. The lowest BCUT2D eigenvalue weighted by molar-refractivity contribution is 0.416. The third kappa shape index (κ3) is 2.82. The van der Waals surface area contributed by atoms with Crippen LogP contribution in [0.4, 0.5) is 0 Å². The lowest BCUT2D eigenvalue weighted by Crippen LogP contribution is -1.98. The number of benzene rings is 1. The van der Waals surface area contributed by atoms with Crippen molar-refractivity contribution in [3.63, 3.8) is 0 Å². The molecule has 0 radical (unpaired) electrons. The summed E-state index contributed by atoms with van der Waals surface area (Å²) in [5.74, 6) is 2.01. The fourth-order valence-corrected chi connectivity index (χ4v) is 2.47. The fourth-order valence-electron chi connectivity index (χ4n) is 1.94. The molecule has 0 spiro atoms. The van der Waals surface area contributed by atoms with Gasteiger partial charge in [-0.15, -0.1) is 0 Å². The number of aromatic nitrogens is 2. The van der Waals surface area contributed by atoms with Crippen LogP contribution in [0.25, 0.3) is 11.3 Å². The average molecular weight is 324 g/mol. The molecule has 0 fully saturated rings. The summed E-state index contributed by atoms with van der Waals surface area (Å²) < 4.78 is 6.25. The highest BCUT2D eigenvalue weighted by atomic mass is 79.9. The van der Waals surface area contributed by atoms with Gasteiger partial charge < -0.3 is 15.5 Å². The summed E-state index contributed by atoms with van der Waals surface area (Å²) >= 11 is 3.49. The first kappa shape index (κ1) is 14.1. The molecule has 0 aliphatic rings. The topological polar surface area (TPSA) is 63.9 Å². The second-order valence-electron chi connectivity index (χ2n) is 4.66. The molecule has 0 aliphatic carbocycles. The number of hydrogen-bond acceptors (Lipinski definition) is 3. The number of nitrogens with zero attached hydrogens (tertiary/aromatic N) is 1. The molecule has 5 heteroatoms. The van der Waals surface area contributed by atoms with Gasteiger partial charge in [0.2, 0.25) is 0 Å². The summed E-state index contributed by atoms with van der Waals surface area (Å²) in [5.41, 5.74) is 8.67. The molecule has 0 bridgehead atoms. The van der Waals surface area contributed by atoms with E-state index in [1.165, 1.54) is 5.56 Å². The quantitative estimate of drug-likeness (QED) is 0.906. The van der Waals surface area contributed by atoms with Gasteiger partial charge in [-0.05, 0) is 39.5 Å². The van der Waals surface area contributed by atoms with Crippen molar-refractivity contribution in [1.82, 2.24) is 9.97 Å². The van der Waals surface area contributed by atoms with Gasteiger partial charge in [0.1, 0.15) is 21.9 Å². The van der Waals surface area contributed by atoms with Crippen LogP contribution in [-0.2, 0) is 6.54 Å². The van der Waals surface area contributed by atoms with Gasteiger partial charge in [-0.2, -0.15) is 0 Å². The van der Waals surface area contributed by atoms with E-state index in [-0.39, 0.29) is 0 Å². The summed E-state index contributed by atoms with van der Waals surface area (Å²) in [6.07, 6.45) is 0. The van der Waals surface area contributed by atoms with Crippen molar-refractivity contribution in [2.75, 3.05) is 7.11 Å². The number of H-pyrrole nitrogens is 1. The largest absolute Gasteiger partial charge is 0.496 e. The highest BCUT2D eigenvalue weighted by molar-refractivity contribution is 9.10. The third-order valence-electron chi connectivity index (χ3n) is 3.05. The standard InChI is InChI=1S/C14H18BrN3O/c1-8(2)9-4-5-11(19-3)10(6-9)13-14(15)18-12(7-16)17-13/h4-6,8H,7,16H2,1-3H3,(H,17,18). The van der Waals surface area contributed by atoms with Gasteiger partial charge in [0, 0.05) is 5.56 Å². The zero-order valence-electron chi connectivity index (χ0n) is 11.3. The highest BCUT2D eigenvalue weighted by Gasteiger charge is 2.15. The summed E-state index contributed by atoms with van der Waals surface area (Å²) in [5, 5.41) is 0. The molecule has 3 N–H and O–H groups in total. The summed E-state index contributed by atoms with van der Waals surface area (Å²) in [6, 6.07) is 6.18. The molecular formula is C14H18BrN3O. The summed E-state index contributed by atoms with van der Waals surface area (Å²) in [7, 11) is 1.66. The minimum atomic E-state index is 0.380. The van der Waals surface area contributed by atoms with E-state index in [0.717, 1.165) is 27.4 Å². The lowest BCUT2D eigenvalue weighted by Gasteiger charge is -2.11. The van der Waals surface area contributed by atoms with Gasteiger partial charge in [-0.3, -0.25) is 0 Å². The molecule has 0 unspecified atom stereocenters. The van der Waals surface area contributed by atoms with Crippen LogP contribution < -0.4 is 10.5 Å². The number of halogens is 1. The maximum Gasteiger partial charge on any atom is 0.128 e. The predicted molar refractivity (Wildman–Crippen MR) is 80.3 cm³/mol. The fraction of sp³-hybridized carbons (Fsp3) is 0.357. The molecule has 1 heterocycles. The van der Waals surface area contributed by atoms with Crippen molar-refractivity contribution in [3.05, 3.63) is 34.2 Å². The zero-order chi connectivity index (χ0) is 14.0. The molecule has 0 aliphatic heterocycles. The van der Waals surface area contributed by atoms with Crippen LogP contribution in [0.15, 0.2) is 22.8 Å². The van der Waals surface area contributed by atoms with Gasteiger partial charge in [-0.1, -0.05) is 19.9 Å². The van der Waals surface area contributed by atoms with E-state index in [1.54, 1.807) is 7.11 Å². The van der Waals surface area contributed by atoms with Crippen molar-refractivity contribution in [2.24, 2.45) is 5.73 Å². The number of aromatic amines is 1. The van der Waals surface area contributed by atoms with Crippen LogP contribution in [0.1, 0.15) is 31.2 Å². The first-order valence-corrected chi connectivity index (χ1v) is 6.98. The molecule has 102 valence electrons. The van der Waals surface area contributed by atoms with Crippen LogP contribution in [0.5, 0.6) is 5.75 Å². The first-order chi connectivity index (χ1) is 9.06. The molecular weight excluding hydrogens is 306 g/mol. The van der Waals surface area contributed by atoms with E-state index in [0.29, 0.717) is 12.5 Å². The molecule has 19 heavy (non-hydrogen) atoms. The van der Waals surface area contributed by atoms with Crippen LogP contribution >= 0.6 is 15.9 Å². The Hall–Kier alpha value is -1.33. The number of imidazole rings is 1. The zero-order valence-corrected chi connectivity index (χ0v) is 12.9. The molecule has 4 nitrogen and oxygen atoms in total. The Bertz CT molecular complexity index is 578. The smallest absolute Gasteiger partial charge is 0.128 e. The van der Waals surface area contributed by atoms with Gasteiger partial charge in [0.05, 0.1) is 13.7 Å². The van der Waals surface area contributed by atoms with Crippen molar-refractivity contribution in [1.29, 1.82) is 0 Å². The number of nitrogens with two attached hydrogens (primary N) is 1. The molecule has 2 rings (SSSR count). The van der Waals surface area contributed by atoms with Crippen molar-refractivity contribution >= 4 is 15.9 Å². The molecule has 1 aromatic heterocycles. The Morgan fingerprint density at radius 1 is 1.42 bits per heavy atom. The Morgan fingerprint density at radius 3 is 2.68 bits per heavy atom. The van der Waals surface area contributed by atoms with Gasteiger partial charge in [0.15, 0.2) is 0 Å². The molecule has 0 atom stereocenters. The molecule has 1 aromatic carbocycles. The minimum Gasteiger partial charge on any atom is -0.496 e. The van der Waals surface area contributed by atoms with Gasteiger partial charge in [0.25, 0.3) is 0 Å². The number of nitrogens with one attached hydrogen (secondary N) is 1. The normalized spacial score (nSPS) is 11.1. The number of rotatable bonds is 4. The van der Waals surface area contributed by atoms with Crippen molar-refractivity contribution in [2.45, 2.75) is 26.3 Å². The number of hydrogen-bond donors (Lipinski definition) is 2. The number of ether oxygens (including phenoxy) is 1. The highest BCUT2D eigenvalue weighted by Crippen LogP contribution is 2.35. The second-order valence-corrected chi connectivity index (χ2v) is 5.46. The third-order valence-corrected chi connectivity index (χ3v) is 3.62. The second kappa shape index (κ2) is 5.75. The van der Waals surface area contributed by atoms with E-state index in [1.807, 2.05) is 6.07 Å². The van der Waals surface area contributed by atoms with Crippen molar-refractivity contribution < 1.29 is 4.74 Å². The Balaban J connectivity index is 2.57. The van der Waals surface area contributed by atoms with Crippen LogP contribution in [0, 0.1) is 0 Å². The summed E-state index contributed by atoms with van der Waals surface area (Å²) in [6.45, 7) is 4.71. The Labute approximate surface area is 121 Å². The lowest BCUT2D eigenvalue weighted by atomic mass is 9.99. The maximum atomic E-state index is 5.61. The van der Waals surface area contributed by atoms with Crippen LogP contribution in [0.3, 0.4) is 0 Å². The molecule has 0 saturated carbocycles. The minimum absolute atomic E-state index is 0.380.